The third-order valence-electron chi connectivity index (χ3n) is 1.26. The van der Waals surface area contributed by atoms with Crippen LogP contribution in [0.15, 0.2) is 0 Å². The molecule has 0 radical (unpaired) electrons. The first-order valence-corrected chi connectivity index (χ1v) is 4.51. The zero-order valence-electron chi connectivity index (χ0n) is 9.20. The van der Waals surface area contributed by atoms with E-state index in [0.29, 0.717) is 0 Å². The number of hydrogen-bond donors (Lipinski definition) is 6. The fraction of sp³-hybridized carbons (Fsp3) is 0.500. The van der Waals surface area contributed by atoms with Crippen molar-refractivity contribution in [3.8, 4) is 0 Å². The Morgan fingerprint density at radius 1 is 0.889 bits per heavy atom. The highest BCUT2D eigenvalue weighted by molar-refractivity contribution is 5.80. The van der Waals surface area contributed by atoms with Gasteiger partial charge in [-0.2, -0.15) is 0 Å². The lowest BCUT2D eigenvalue weighted by atomic mass is 10.2. The van der Waals surface area contributed by atoms with Crippen molar-refractivity contribution in [3.05, 3.63) is 0 Å². The molecule has 0 aromatic heterocycles. The van der Waals surface area contributed by atoms with Crippen LogP contribution < -0.4 is 11.1 Å². The van der Waals surface area contributed by atoms with Crippen LogP contribution in [0.3, 0.4) is 0 Å². The maximum Gasteiger partial charge on any atom is 0.321 e. The van der Waals surface area contributed by atoms with E-state index in [1.165, 1.54) is 0 Å². The molecule has 1 atom stereocenters. The lowest BCUT2D eigenvalue weighted by Gasteiger charge is -1.99. The van der Waals surface area contributed by atoms with Gasteiger partial charge in [0.15, 0.2) is 0 Å². The Hall–Kier alpha value is -2.20. The van der Waals surface area contributed by atoms with E-state index in [9.17, 15) is 19.2 Å². The highest BCUT2D eigenvalue weighted by Crippen LogP contribution is 1.86. The molecule has 0 saturated carbocycles. The van der Waals surface area contributed by atoms with Crippen LogP contribution in [-0.4, -0.2) is 63.4 Å². The Kier molecular flexibility index (Phi) is 10.1. The Morgan fingerprint density at radius 2 is 1.28 bits per heavy atom. The molecule has 0 amide bonds. The van der Waals surface area contributed by atoms with Gasteiger partial charge in [-0.15, -0.1) is 0 Å². The summed E-state index contributed by atoms with van der Waals surface area (Å²) in [5, 5.41) is 34.2. The van der Waals surface area contributed by atoms with Crippen molar-refractivity contribution in [1.82, 2.24) is 5.32 Å². The SMILES string of the molecule is NC(CC(=O)O)C(=O)O.O=C(O)CNCC(=O)O. The van der Waals surface area contributed by atoms with Gasteiger partial charge in [-0.25, -0.2) is 0 Å². The maximum atomic E-state index is 9.85. The van der Waals surface area contributed by atoms with E-state index in [-0.39, 0.29) is 13.1 Å². The van der Waals surface area contributed by atoms with E-state index in [4.69, 9.17) is 26.2 Å². The lowest BCUT2D eigenvalue weighted by molar-refractivity contribution is -0.144. The van der Waals surface area contributed by atoms with Crippen molar-refractivity contribution < 1.29 is 39.6 Å². The predicted octanol–water partition coefficient (Wildman–Crippen LogP) is -2.38. The van der Waals surface area contributed by atoms with E-state index in [1.807, 2.05) is 0 Å². The second-order valence-electron chi connectivity index (χ2n) is 2.93. The van der Waals surface area contributed by atoms with Crippen LogP contribution in [0.5, 0.6) is 0 Å². The molecule has 18 heavy (non-hydrogen) atoms. The van der Waals surface area contributed by atoms with E-state index >= 15 is 0 Å². The van der Waals surface area contributed by atoms with Crippen molar-refractivity contribution in [2.75, 3.05) is 13.1 Å². The van der Waals surface area contributed by atoms with Crippen LogP contribution in [0, 0.1) is 0 Å². The first-order valence-electron chi connectivity index (χ1n) is 4.51. The number of carboxylic acid groups (broad SMARTS) is 4. The first kappa shape index (κ1) is 18.2. The zero-order chi connectivity index (χ0) is 14.7. The van der Waals surface area contributed by atoms with Gasteiger partial charge in [-0.1, -0.05) is 0 Å². The Morgan fingerprint density at radius 3 is 1.44 bits per heavy atom. The highest BCUT2D eigenvalue weighted by atomic mass is 16.4. The molecule has 10 nitrogen and oxygen atoms in total. The summed E-state index contributed by atoms with van der Waals surface area (Å²) in [6, 6.07) is -1.29. The van der Waals surface area contributed by atoms with Gasteiger partial charge in [-0.3, -0.25) is 24.5 Å². The molecular weight excluding hydrogens is 252 g/mol. The van der Waals surface area contributed by atoms with Gasteiger partial charge in [0.25, 0.3) is 0 Å². The largest absolute Gasteiger partial charge is 0.481 e. The van der Waals surface area contributed by atoms with Crippen molar-refractivity contribution in [1.29, 1.82) is 0 Å². The number of aliphatic carboxylic acids is 4. The van der Waals surface area contributed by atoms with Gasteiger partial charge in [-0.05, 0) is 0 Å². The number of hydrogen-bond acceptors (Lipinski definition) is 6. The third-order valence-corrected chi connectivity index (χ3v) is 1.26. The van der Waals surface area contributed by atoms with Crippen LogP contribution >= 0.6 is 0 Å². The van der Waals surface area contributed by atoms with Crippen LogP contribution in [0.4, 0.5) is 0 Å². The molecule has 0 aromatic carbocycles. The number of carbonyl (C=O) groups is 4. The average Bonchev–Trinajstić information content (AvgIpc) is 2.15. The fourth-order valence-corrected chi connectivity index (χ4v) is 0.552. The third kappa shape index (κ3) is 16.2. The topological polar surface area (TPSA) is 187 Å². The molecule has 0 rings (SSSR count). The molecule has 7 N–H and O–H groups in total. The molecular formula is C8H14N2O8. The first-order chi connectivity index (χ1) is 8.16. The summed E-state index contributed by atoms with van der Waals surface area (Å²) in [4.78, 5) is 39.1. The molecule has 0 heterocycles. The monoisotopic (exact) mass is 266 g/mol. The minimum absolute atomic E-state index is 0.313. The molecule has 0 bridgehead atoms. The van der Waals surface area contributed by atoms with E-state index in [0.717, 1.165) is 0 Å². The Bertz CT molecular complexity index is 302. The highest BCUT2D eigenvalue weighted by Gasteiger charge is 2.14. The second kappa shape index (κ2) is 9.99. The summed E-state index contributed by atoms with van der Waals surface area (Å²) in [5.74, 6) is -4.62. The minimum atomic E-state index is -1.29. The summed E-state index contributed by atoms with van der Waals surface area (Å²) in [5.41, 5.74) is 4.84. The van der Waals surface area contributed by atoms with Gasteiger partial charge in [0, 0.05) is 0 Å². The number of rotatable bonds is 7. The number of carboxylic acids is 4. The van der Waals surface area contributed by atoms with E-state index < -0.39 is 36.3 Å². The normalized spacial score (nSPS) is 10.7. The molecule has 0 aliphatic heterocycles. The minimum Gasteiger partial charge on any atom is -0.481 e. The van der Waals surface area contributed by atoms with E-state index in [2.05, 4.69) is 5.32 Å². The van der Waals surface area contributed by atoms with Gasteiger partial charge in [0.05, 0.1) is 19.5 Å². The van der Waals surface area contributed by atoms with Crippen LogP contribution in [0.1, 0.15) is 6.42 Å². The Labute approximate surface area is 101 Å². The predicted molar refractivity (Wildman–Crippen MR) is 56.0 cm³/mol. The molecule has 0 spiro atoms. The zero-order valence-corrected chi connectivity index (χ0v) is 9.20. The van der Waals surface area contributed by atoms with Crippen molar-refractivity contribution >= 4 is 23.9 Å². The van der Waals surface area contributed by atoms with Gasteiger partial charge >= 0.3 is 23.9 Å². The van der Waals surface area contributed by atoms with Gasteiger partial charge < -0.3 is 26.2 Å². The molecule has 10 heteroatoms. The molecule has 0 fully saturated rings. The van der Waals surface area contributed by atoms with Crippen LogP contribution in [-0.2, 0) is 19.2 Å². The number of nitrogens with one attached hydrogen (secondary N) is 1. The molecule has 104 valence electrons. The summed E-state index contributed by atoms with van der Waals surface area (Å²) < 4.78 is 0. The summed E-state index contributed by atoms with van der Waals surface area (Å²) >= 11 is 0. The van der Waals surface area contributed by atoms with Crippen molar-refractivity contribution in [2.24, 2.45) is 5.73 Å². The summed E-state index contributed by atoms with van der Waals surface area (Å²) in [6.07, 6.45) is -0.532. The van der Waals surface area contributed by atoms with Gasteiger partial charge in [0.1, 0.15) is 6.04 Å². The average molecular weight is 266 g/mol. The molecule has 0 aliphatic carbocycles. The van der Waals surface area contributed by atoms with Crippen molar-refractivity contribution in [3.63, 3.8) is 0 Å². The smallest absolute Gasteiger partial charge is 0.321 e. The molecule has 0 saturated heterocycles. The number of nitrogens with two attached hydrogens (primary N) is 1. The molecule has 0 aliphatic rings. The standard InChI is InChI=1S/2C4H7NO4/c6-3(7)1-5-2-4(8)9;5-2(4(8)9)1-3(6)7/h5H,1-2H2,(H,6,7)(H,8,9);2H,1,5H2,(H,6,7)(H,8,9). The second-order valence-corrected chi connectivity index (χ2v) is 2.93. The van der Waals surface area contributed by atoms with Crippen LogP contribution in [0.25, 0.3) is 0 Å². The lowest BCUT2D eigenvalue weighted by Crippen LogP contribution is -2.32. The molecule has 1 unspecified atom stereocenters. The summed E-state index contributed by atoms with van der Waals surface area (Å²) in [6.45, 7) is -0.626. The Balaban J connectivity index is 0. The fourth-order valence-electron chi connectivity index (χ4n) is 0.552. The maximum absolute atomic E-state index is 9.85. The quantitative estimate of drug-likeness (QED) is 0.290. The molecule has 0 aromatic rings. The van der Waals surface area contributed by atoms with Crippen LogP contribution in [0.2, 0.25) is 0 Å². The van der Waals surface area contributed by atoms with Crippen molar-refractivity contribution in [2.45, 2.75) is 12.5 Å². The van der Waals surface area contributed by atoms with Gasteiger partial charge in [0.2, 0.25) is 0 Å². The van der Waals surface area contributed by atoms with E-state index in [1.54, 1.807) is 0 Å². The summed E-state index contributed by atoms with van der Waals surface area (Å²) in [7, 11) is 0.